The number of amides is 2. The summed E-state index contributed by atoms with van der Waals surface area (Å²) < 4.78 is 0. The fourth-order valence-electron chi connectivity index (χ4n) is 2.80. The van der Waals surface area contributed by atoms with Gasteiger partial charge >= 0.3 is 6.03 Å². The van der Waals surface area contributed by atoms with Gasteiger partial charge in [-0.05, 0) is 30.2 Å². The molecule has 2 heterocycles. The van der Waals surface area contributed by atoms with Gasteiger partial charge in [0.05, 0.1) is 5.69 Å². The molecule has 1 aliphatic rings. The van der Waals surface area contributed by atoms with Crippen LogP contribution in [0.25, 0.3) is 6.08 Å². The summed E-state index contributed by atoms with van der Waals surface area (Å²) in [6, 6.07) is 13.5. The summed E-state index contributed by atoms with van der Waals surface area (Å²) in [6.07, 6.45) is 3.95. The Hall–Kier alpha value is -2.95. The third-order valence-corrected chi connectivity index (χ3v) is 3.91. The lowest BCUT2D eigenvalue weighted by Gasteiger charge is -2.34. The summed E-state index contributed by atoms with van der Waals surface area (Å²) in [5.74, 6) is -0.105. The van der Waals surface area contributed by atoms with Crippen LogP contribution in [-0.4, -0.2) is 28.2 Å². The van der Waals surface area contributed by atoms with Gasteiger partial charge in [-0.25, -0.2) is 4.79 Å². The van der Waals surface area contributed by atoms with Gasteiger partial charge in [0, 0.05) is 18.3 Å². The van der Waals surface area contributed by atoms with E-state index < -0.39 is 12.1 Å². The third kappa shape index (κ3) is 3.13. The lowest BCUT2D eigenvalue weighted by Crippen LogP contribution is -2.46. The number of ketones is 1. The molecule has 5 heteroatoms. The van der Waals surface area contributed by atoms with E-state index in [9.17, 15) is 9.59 Å². The molecule has 2 aromatic rings. The Labute approximate surface area is 134 Å². The Balaban J connectivity index is 1.98. The van der Waals surface area contributed by atoms with Crippen LogP contribution in [0.2, 0.25) is 0 Å². The van der Waals surface area contributed by atoms with E-state index in [1.807, 2.05) is 48.5 Å². The van der Waals surface area contributed by atoms with Crippen molar-refractivity contribution in [2.45, 2.75) is 12.5 Å². The van der Waals surface area contributed by atoms with Crippen LogP contribution in [-0.2, 0) is 4.79 Å². The number of carbonyl (C=O) groups is 2. The summed E-state index contributed by atoms with van der Waals surface area (Å²) in [4.78, 5) is 30.3. The number of aromatic nitrogens is 1. The first kappa shape index (κ1) is 15.0. The molecule has 2 N–H and O–H groups in total. The molecule has 1 atom stereocenters. The van der Waals surface area contributed by atoms with E-state index in [-0.39, 0.29) is 5.78 Å². The van der Waals surface area contributed by atoms with Gasteiger partial charge in [-0.15, -0.1) is 0 Å². The van der Waals surface area contributed by atoms with Crippen LogP contribution >= 0.6 is 0 Å². The van der Waals surface area contributed by atoms with Crippen LogP contribution in [0, 0.1) is 0 Å². The second-order valence-electron chi connectivity index (χ2n) is 5.38. The second-order valence-corrected chi connectivity index (χ2v) is 5.38. The standard InChI is InChI=1S/C18H17N3O2/c19-18(23)21-11-9-14(12-15-8-4-5-10-20-15)17(22)16(21)13-6-2-1-3-7-13/h1-8,10,12,16H,9,11H2,(H2,19,23). The number of nitrogens with two attached hydrogens (primary N) is 1. The Morgan fingerprint density at radius 2 is 1.91 bits per heavy atom. The zero-order valence-corrected chi connectivity index (χ0v) is 12.6. The van der Waals surface area contributed by atoms with Crippen molar-refractivity contribution < 1.29 is 9.59 Å². The van der Waals surface area contributed by atoms with E-state index in [0.29, 0.717) is 18.5 Å². The minimum atomic E-state index is -0.669. The molecule has 0 radical (unpaired) electrons. The number of hydrogen-bond acceptors (Lipinski definition) is 3. The van der Waals surface area contributed by atoms with E-state index in [1.165, 1.54) is 4.90 Å². The van der Waals surface area contributed by atoms with Crippen molar-refractivity contribution in [3.05, 3.63) is 71.6 Å². The van der Waals surface area contributed by atoms with Crippen molar-refractivity contribution in [2.75, 3.05) is 6.54 Å². The molecule has 1 fully saturated rings. The zero-order valence-electron chi connectivity index (χ0n) is 12.6. The molecule has 5 nitrogen and oxygen atoms in total. The molecule has 0 spiro atoms. The molecule has 1 unspecified atom stereocenters. The first-order chi connectivity index (χ1) is 11.2. The molecule has 116 valence electrons. The van der Waals surface area contributed by atoms with Gasteiger partial charge in [0.1, 0.15) is 6.04 Å². The van der Waals surface area contributed by atoms with Crippen molar-refractivity contribution in [1.82, 2.24) is 9.88 Å². The minimum absolute atomic E-state index is 0.105. The number of carbonyl (C=O) groups excluding carboxylic acids is 2. The zero-order chi connectivity index (χ0) is 16.2. The normalized spacial score (nSPS) is 19.8. The highest BCUT2D eigenvalue weighted by Crippen LogP contribution is 2.31. The van der Waals surface area contributed by atoms with Gasteiger partial charge in [-0.3, -0.25) is 9.78 Å². The largest absolute Gasteiger partial charge is 0.351 e. The molecule has 2 amide bonds. The molecule has 3 rings (SSSR count). The highest BCUT2D eigenvalue weighted by atomic mass is 16.2. The number of hydrogen-bond donors (Lipinski definition) is 1. The van der Waals surface area contributed by atoms with Crippen molar-refractivity contribution in [2.24, 2.45) is 5.73 Å². The minimum Gasteiger partial charge on any atom is -0.351 e. The quantitative estimate of drug-likeness (QED) is 0.866. The Morgan fingerprint density at radius 1 is 1.17 bits per heavy atom. The Kier molecular flexibility index (Phi) is 4.19. The first-order valence-electron chi connectivity index (χ1n) is 7.43. The summed E-state index contributed by atoms with van der Waals surface area (Å²) in [7, 11) is 0. The van der Waals surface area contributed by atoms with Crippen LogP contribution < -0.4 is 5.73 Å². The van der Waals surface area contributed by atoms with Gasteiger partial charge in [0.25, 0.3) is 0 Å². The molecular formula is C18H17N3O2. The molecule has 0 bridgehead atoms. The SMILES string of the molecule is NC(=O)N1CCC(=Cc2ccccn2)C(=O)C1c1ccccc1. The van der Waals surface area contributed by atoms with E-state index in [1.54, 1.807) is 12.3 Å². The van der Waals surface area contributed by atoms with Crippen LogP contribution in [0.4, 0.5) is 4.79 Å². The smallest absolute Gasteiger partial charge is 0.315 e. The van der Waals surface area contributed by atoms with Crippen LogP contribution in [0.15, 0.2) is 60.3 Å². The number of Topliss-reactive ketones (excluding diaryl/α,β-unsaturated/α-hetero) is 1. The van der Waals surface area contributed by atoms with Crippen LogP contribution in [0.5, 0.6) is 0 Å². The highest BCUT2D eigenvalue weighted by Gasteiger charge is 2.36. The van der Waals surface area contributed by atoms with Crippen molar-refractivity contribution in [1.29, 1.82) is 0 Å². The van der Waals surface area contributed by atoms with Gasteiger partial charge in [0.2, 0.25) is 0 Å². The summed E-state index contributed by atoms with van der Waals surface area (Å²) in [5, 5.41) is 0. The molecule has 0 aliphatic carbocycles. The number of likely N-dealkylation sites (tertiary alicyclic amines) is 1. The van der Waals surface area contributed by atoms with Crippen molar-refractivity contribution in [3.8, 4) is 0 Å². The lowest BCUT2D eigenvalue weighted by atomic mass is 9.89. The fourth-order valence-corrected chi connectivity index (χ4v) is 2.80. The number of primary amides is 1. The van der Waals surface area contributed by atoms with Gasteiger partial charge in [-0.2, -0.15) is 0 Å². The molecule has 1 aromatic carbocycles. The number of piperidine rings is 1. The molecule has 23 heavy (non-hydrogen) atoms. The predicted molar refractivity (Wildman–Crippen MR) is 87.3 cm³/mol. The van der Waals surface area contributed by atoms with E-state index in [0.717, 1.165) is 11.3 Å². The number of rotatable bonds is 2. The maximum absolute atomic E-state index is 12.9. The topological polar surface area (TPSA) is 76.3 Å². The average molecular weight is 307 g/mol. The first-order valence-corrected chi connectivity index (χ1v) is 7.43. The summed E-state index contributed by atoms with van der Waals surface area (Å²) >= 11 is 0. The molecule has 1 aromatic heterocycles. The summed E-state index contributed by atoms with van der Waals surface area (Å²) in [6.45, 7) is 0.416. The molecular weight excluding hydrogens is 290 g/mol. The second kappa shape index (κ2) is 6.44. The van der Waals surface area contributed by atoms with Gasteiger partial charge in [-0.1, -0.05) is 36.4 Å². The van der Waals surface area contributed by atoms with Gasteiger partial charge < -0.3 is 10.6 Å². The number of urea groups is 1. The Morgan fingerprint density at radius 3 is 2.57 bits per heavy atom. The van der Waals surface area contributed by atoms with E-state index in [2.05, 4.69) is 4.98 Å². The average Bonchev–Trinajstić information content (AvgIpc) is 2.58. The number of nitrogens with zero attached hydrogens (tertiary/aromatic N) is 2. The maximum atomic E-state index is 12.9. The maximum Gasteiger partial charge on any atom is 0.315 e. The lowest BCUT2D eigenvalue weighted by molar-refractivity contribution is -0.121. The monoisotopic (exact) mass is 307 g/mol. The van der Waals surface area contributed by atoms with Crippen LogP contribution in [0.3, 0.4) is 0 Å². The van der Waals surface area contributed by atoms with Crippen LogP contribution in [0.1, 0.15) is 23.7 Å². The molecule has 1 saturated heterocycles. The van der Waals surface area contributed by atoms with Crippen molar-refractivity contribution in [3.63, 3.8) is 0 Å². The number of benzene rings is 1. The molecule has 1 aliphatic heterocycles. The van der Waals surface area contributed by atoms with Crippen molar-refractivity contribution >= 4 is 17.9 Å². The Bertz CT molecular complexity index is 741. The van der Waals surface area contributed by atoms with Gasteiger partial charge in [0.15, 0.2) is 5.78 Å². The fraction of sp³-hybridized carbons (Fsp3) is 0.167. The number of pyridine rings is 1. The molecule has 0 saturated carbocycles. The van der Waals surface area contributed by atoms with E-state index >= 15 is 0 Å². The predicted octanol–water partition coefficient (Wildman–Crippen LogP) is 2.56. The highest BCUT2D eigenvalue weighted by molar-refractivity contribution is 6.05. The third-order valence-electron chi connectivity index (χ3n) is 3.91. The summed E-state index contributed by atoms with van der Waals surface area (Å²) in [5.41, 5.74) is 7.62. The van der Waals surface area contributed by atoms with E-state index in [4.69, 9.17) is 5.73 Å².